The molecule has 0 bridgehead atoms. The number of hydrogen-bond donors (Lipinski definition) is 2. The summed E-state index contributed by atoms with van der Waals surface area (Å²) in [6.45, 7) is 3.85. The SMILES string of the molecule is CCNCCOc1ccc(NC(=O)c2cccc(C(F)(F)F)c2)cc1-c1c(Cl)cnn1C. The molecule has 2 aromatic carbocycles. The van der Waals surface area contributed by atoms with Gasteiger partial charge in [-0.15, -0.1) is 0 Å². The van der Waals surface area contributed by atoms with E-state index in [2.05, 4.69) is 15.7 Å². The maximum atomic E-state index is 13.0. The van der Waals surface area contributed by atoms with E-state index in [0.717, 1.165) is 18.7 Å². The number of aromatic nitrogens is 2. The topological polar surface area (TPSA) is 68.2 Å². The van der Waals surface area contributed by atoms with Crippen LogP contribution in [0.1, 0.15) is 22.8 Å². The molecule has 0 radical (unpaired) electrons. The van der Waals surface area contributed by atoms with Crippen LogP contribution in [0.3, 0.4) is 0 Å². The molecule has 6 nitrogen and oxygen atoms in total. The van der Waals surface area contributed by atoms with Crippen molar-refractivity contribution in [2.45, 2.75) is 13.1 Å². The van der Waals surface area contributed by atoms with Crippen LogP contribution in [-0.4, -0.2) is 35.4 Å². The average molecular weight is 467 g/mol. The van der Waals surface area contributed by atoms with Gasteiger partial charge in [-0.1, -0.05) is 24.6 Å². The summed E-state index contributed by atoms with van der Waals surface area (Å²) >= 11 is 6.30. The van der Waals surface area contributed by atoms with Gasteiger partial charge in [-0.25, -0.2) is 0 Å². The number of rotatable bonds is 8. The number of amides is 1. The molecular formula is C22H22ClF3N4O2. The third kappa shape index (κ3) is 5.60. The molecule has 0 aliphatic carbocycles. The van der Waals surface area contributed by atoms with Crippen molar-refractivity contribution in [3.8, 4) is 17.0 Å². The third-order valence-electron chi connectivity index (χ3n) is 4.63. The Morgan fingerprint density at radius 3 is 2.66 bits per heavy atom. The zero-order valence-corrected chi connectivity index (χ0v) is 18.2. The number of ether oxygens (including phenoxy) is 1. The van der Waals surface area contributed by atoms with Gasteiger partial charge in [0.15, 0.2) is 0 Å². The van der Waals surface area contributed by atoms with E-state index in [1.165, 1.54) is 18.3 Å². The van der Waals surface area contributed by atoms with Gasteiger partial charge < -0.3 is 15.4 Å². The second-order valence-electron chi connectivity index (χ2n) is 6.91. The smallest absolute Gasteiger partial charge is 0.416 e. The minimum atomic E-state index is -4.54. The van der Waals surface area contributed by atoms with Gasteiger partial charge in [-0.05, 0) is 42.9 Å². The molecule has 3 aromatic rings. The molecule has 0 aliphatic heterocycles. The molecule has 2 N–H and O–H groups in total. The Morgan fingerprint density at radius 2 is 2.00 bits per heavy atom. The van der Waals surface area contributed by atoms with Crippen LogP contribution in [0.5, 0.6) is 5.75 Å². The maximum Gasteiger partial charge on any atom is 0.416 e. The number of benzene rings is 2. The van der Waals surface area contributed by atoms with E-state index in [4.69, 9.17) is 16.3 Å². The summed E-state index contributed by atoms with van der Waals surface area (Å²) in [4.78, 5) is 12.6. The lowest BCUT2D eigenvalue weighted by Crippen LogP contribution is -2.20. The van der Waals surface area contributed by atoms with Crippen molar-refractivity contribution in [1.29, 1.82) is 0 Å². The number of hydrogen-bond acceptors (Lipinski definition) is 4. The predicted molar refractivity (Wildman–Crippen MR) is 117 cm³/mol. The van der Waals surface area contributed by atoms with E-state index in [1.807, 2.05) is 6.92 Å². The molecule has 0 unspecified atom stereocenters. The summed E-state index contributed by atoms with van der Waals surface area (Å²) in [7, 11) is 1.72. The molecule has 0 aliphatic rings. The number of nitrogens with one attached hydrogen (secondary N) is 2. The first-order chi connectivity index (χ1) is 15.2. The largest absolute Gasteiger partial charge is 0.492 e. The fourth-order valence-electron chi connectivity index (χ4n) is 3.08. The molecule has 10 heteroatoms. The minimum absolute atomic E-state index is 0.106. The number of anilines is 1. The van der Waals surface area contributed by atoms with Crippen LogP contribution < -0.4 is 15.4 Å². The van der Waals surface area contributed by atoms with Crippen molar-refractivity contribution in [3.63, 3.8) is 0 Å². The van der Waals surface area contributed by atoms with Gasteiger partial charge in [0, 0.05) is 30.4 Å². The summed E-state index contributed by atoms with van der Waals surface area (Å²) in [5, 5.41) is 10.3. The van der Waals surface area contributed by atoms with Crippen molar-refractivity contribution >= 4 is 23.2 Å². The standard InChI is InChI=1S/C22H22ClF3N4O2/c1-3-27-9-10-32-19-8-7-16(12-17(19)20-18(23)13-28-30(20)2)29-21(31)14-5-4-6-15(11-14)22(24,25)26/h4-8,11-13,27H,3,9-10H2,1-2H3,(H,29,31). The highest BCUT2D eigenvalue weighted by Crippen LogP contribution is 2.37. The van der Waals surface area contributed by atoms with Gasteiger partial charge in [0.05, 0.1) is 22.5 Å². The highest BCUT2D eigenvalue weighted by molar-refractivity contribution is 6.33. The predicted octanol–water partition coefficient (Wildman–Crippen LogP) is 5.00. The Balaban J connectivity index is 1.89. The van der Waals surface area contributed by atoms with Crippen LogP contribution in [-0.2, 0) is 13.2 Å². The quantitative estimate of drug-likeness (QED) is 0.458. The van der Waals surface area contributed by atoms with E-state index in [-0.39, 0.29) is 5.56 Å². The molecular weight excluding hydrogens is 445 g/mol. The molecule has 0 atom stereocenters. The molecule has 32 heavy (non-hydrogen) atoms. The van der Waals surface area contributed by atoms with Crippen molar-refractivity contribution < 1.29 is 22.7 Å². The first kappa shape index (κ1) is 23.6. The maximum absolute atomic E-state index is 13.0. The number of likely N-dealkylation sites (N-methyl/N-ethyl adjacent to an activating group) is 1. The van der Waals surface area contributed by atoms with Gasteiger partial charge >= 0.3 is 6.18 Å². The highest BCUT2D eigenvalue weighted by Gasteiger charge is 2.31. The fourth-order valence-corrected chi connectivity index (χ4v) is 3.35. The Labute approximate surface area is 188 Å². The van der Waals surface area contributed by atoms with E-state index in [1.54, 1.807) is 29.9 Å². The number of carbonyl (C=O) groups is 1. The Bertz CT molecular complexity index is 1080. The normalized spacial score (nSPS) is 11.4. The van der Waals surface area contributed by atoms with Crippen molar-refractivity contribution in [1.82, 2.24) is 15.1 Å². The summed E-state index contributed by atoms with van der Waals surface area (Å²) in [5.41, 5.74) is 0.551. The zero-order chi connectivity index (χ0) is 23.3. The van der Waals surface area contributed by atoms with Crippen LogP contribution in [0.4, 0.5) is 18.9 Å². The monoisotopic (exact) mass is 466 g/mol. The molecule has 1 heterocycles. The first-order valence-electron chi connectivity index (χ1n) is 9.84. The van der Waals surface area contributed by atoms with Gasteiger partial charge in [0.2, 0.25) is 0 Å². The van der Waals surface area contributed by atoms with Crippen LogP contribution in [0.25, 0.3) is 11.3 Å². The highest BCUT2D eigenvalue weighted by atomic mass is 35.5. The minimum Gasteiger partial charge on any atom is -0.492 e. The number of aryl methyl sites for hydroxylation is 1. The lowest BCUT2D eigenvalue weighted by Gasteiger charge is -2.15. The second kappa shape index (κ2) is 10.1. The molecule has 0 saturated heterocycles. The average Bonchev–Trinajstić information content (AvgIpc) is 3.09. The van der Waals surface area contributed by atoms with E-state index in [9.17, 15) is 18.0 Å². The van der Waals surface area contributed by atoms with Crippen LogP contribution >= 0.6 is 11.6 Å². The third-order valence-corrected chi connectivity index (χ3v) is 4.90. The van der Waals surface area contributed by atoms with Gasteiger partial charge in [-0.2, -0.15) is 18.3 Å². The first-order valence-corrected chi connectivity index (χ1v) is 10.2. The lowest BCUT2D eigenvalue weighted by molar-refractivity contribution is -0.137. The number of halogens is 4. The van der Waals surface area contributed by atoms with E-state index < -0.39 is 17.6 Å². The van der Waals surface area contributed by atoms with E-state index >= 15 is 0 Å². The van der Waals surface area contributed by atoms with Crippen LogP contribution in [0.2, 0.25) is 5.02 Å². The van der Waals surface area contributed by atoms with Gasteiger partial charge in [0.1, 0.15) is 12.4 Å². The second-order valence-corrected chi connectivity index (χ2v) is 7.32. The van der Waals surface area contributed by atoms with Crippen LogP contribution in [0, 0.1) is 0 Å². The zero-order valence-electron chi connectivity index (χ0n) is 17.5. The molecule has 3 rings (SSSR count). The molecule has 0 saturated carbocycles. The summed E-state index contributed by atoms with van der Waals surface area (Å²) in [5.74, 6) is -0.135. The number of carbonyl (C=O) groups excluding carboxylic acids is 1. The van der Waals surface area contributed by atoms with Gasteiger partial charge in [0.25, 0.3) is 5.91 Å². The molecule has 1 amide bonds. The van der Waals surface area contributed by atoms with Crippen molar-refractivity contribution in [2.75, 3.05) is 25.0 Å². The Morgan fingerprint density at radius 1 is 1.22 bits per heavy atom. The van der Waals surface area contributed by atoms with Crippen LogP contribution in [0.15, 0.2) is 48.7 Å². The summed E-state index contributed by atoms with van der Waals surface area (Å²) in [6.07, 6.45) is -3.04. The molecule has 0 spiro atoms. The van der Waals surface area contributed by atoms with E-state index in [0.29, 0.717) is 40.9 Å². The van der Waals surface area contributed by atoms with Crippen molar-refractivity contribution in [3.05, 3.63) is 64.8 Å². The molecule has 1 aromatic heterocycles. The molecule has 0 fully saturated rings. The summed E-state index contributed by atoms with van der Waals surface area (Å²) in [6, 6.07) is 9.18. The summed E-state index contributed by atoms with van der Waals surface area (Å²) < 4.78 is 46.4. The number of nitrogens with zero attached hydrogens (tertiary/aromatic N) is 2. The van der Waals surface area contributed by atoms with Crippen molar-refractivity contribution in [2.24, 2.45) is 7.05 Å². The van der Waals surface area contributed by atoms with Gasteiger partial charge in [-0.3, -0.25) is 9.48 Å². The number of alkyl halides is 3. The molecule has 170 valence electrons. The fraction of sp³-hybridized carbons (Fsp3) is 0.273. The lowest BCUT2D eigenvalue weighted by atomic mass is 10.1. The Hall–Kier alpha value is -3.04. The Kier molecular flexibility index (Phi) is 7.42.